The summed E-state index contributed by atoms with van der Waals surface area (Å²) in [6, 6.07) is 13.3. The second-order valence-electron chi connectivity index (χ2n) is 5.20. The number of benzene rings is 1. The number of hydrogen-bond donors (Lipinski definition) is 1. The van der Waals surface area contributed by atoms with Crippen LogP contribution in [0.4, 0.5) is 0 Å². The van der Waals surface area contributed by atoms with Gasteiger partial charge in [0.15, 0.2) is 0 Å². The minimum atomic E-state index is 0.310. The average Bonchev–Trinajstić information content (AvgIpc) is 2.86. The van der Waals surface area contributed by atoms with Gasteiger partial charge in [-0.25, -0.2) is 0 Å². The molecule has 0 bridgehead atoms. The second-order valence-corrected chi connectivity index (χ2v) is 6.75. The summed E-state index contributed by atoms with van der Waals surface area (Å²) in [6.07, 6.45) is 0. The molecule has 0 fully saturated rings. The largest absolute Gasteiger partial charge is 0.308 e. The highest BCUT2D eigenvalue weighted by Gasteiger charge is 2.15. The van der Waals surface area contributed by atoms with Gasteiger partial charge in [-0.2, -0.15) is 0 Å². The fraction of sp³-hybridized carbons (Fsp3) is 0.375. The molecular weight excluding hydrogens is 288 g/mol. The first kappa shape index (κ1) is 15.5. The van der Waals surface area contributed by atoms with Crippen LogP contribution in [0.5, 0.6) is 0 Å². The Morgan fingerprint density at radius 3 is 2.45 bits per heavy atom. The van der Waals surface area contributed by atoms with Crippen LogP contribution in [0.25, 0.3) is 0 Å². The Hall–Kier alpha value is -0.870. The van der Waals surface area contributed by atoms with Gasteiger partial charge in [0, 0.05) is 18.6 Å². The van der Waals surface area contributed by atoms with Gasteiger partial charge < -0.3 is 10.2 Å². The third-order valence-corrected chi connectivity index (χ3v) is 4.62. The van der Waals surface area contributed by atoms with Crippen molar-refractivity contribution in [2.75, 3.05) is 20.6 Å². The van der Waals surface area contributed by atoms with Crippen LogP contribution in [0.2, 0.25) is 4.34 Å². The maximum Gasteiger partial charge on any atom is 0.0931 e. The molecule has 1 aromatic heterocycles. The van der Waals surface area contributed by atoms with Gasteiger partial charge in [-0.3, -0.25) is 0 Å². The number of thiophene rings is 1. The number of halogens is 1. The topological polar surface area (TPSA) is 15.3 Å². The monoisotopic (exact) mass is 308 g/mol. The molecule has 0 spiro atoms. The molecule has 2 nitrogen and oxygen atoms in total. The van der Waals surface area contributed by atoms with E-state index in [4.69, 9.17) is 11.6 Å². The molecule has 2 aromatic rings. The molecule has 20 heavy (non-hydrogen) atoms. The molecule has 0 saturated carbocycles. The van der Waals surface area contributed by atoms with Crippen LogP contribution in [0, 0.1) is 0 Å². The van der Waals surface area contributed by atoms with E-state index in [0.29, 0.717) is 12.1 Å². The number of rotatable bonds is 6. The molecule has 1 aromatic carbocycles. The maximum absolute atomic E-state index is 6.00. The van der Waals surface area contributed by atoms with Crippen LogP contribution < -0.4 is 5.32 Å². The summed E-state index contributed by atoms with van der Waals surface area (Å²) in [5, 5.41) is 5.72. The average molecular weight is 309 g/mol. The molecule has 1 N–H and O–H groups in total. The minimum absolute atomic E-state index is 0.310. The van der Waals surface area contributed by atoms with Crippen LogP contribution in [0.3, 0.4) is 0 Å². The van der Waals surface area contributed by atoms with Crippen LogP contribution in [-0.2, 0) is 0 Å². The number of hydrogen-bond acceptors (Lipinski definition) is 3. The molecule has 0 saturated heterocycles. The summed E-state index contributed by atoms with van der Waals surface area (Å²) < 4.78 is 0.848. The highest BCUT2D eigenvalue weighted by Crippen LogP contribution is 2.25. The predicted octanol–water partition coefficient (Wildman–Crippen LogP) is 4.36. The van der Waals surface area contributed by atoms with E-state index in [1.807, 2.05) is 6.07 Å². The lowest BCUT2D eigenvalue weighted by Gasteiger charge is -2.26. The first-order chi connectivity index (χ1) is 9.58. The van der Waals surface area contributed by atoms with Crippen molar-refractivity contribution in [3.63, 3.8) is 0 Å². The van der Waals surface area contributed by atoms with Crippen molar-refractivity contribution >= 4 is 22.9 Å². The van der Waals surface area contributed by atoms with E-state index in [9.17, 15) is 0 Å². The summed E-state index contributed by atoms with van der Waals surface area (Å²) in [6.45, 7) is 3.09. The Labute approximate surface area is 130 Å². The van der Waals surface area contributed by atoms with Crippen molar-refractivity contribution in [1.82, 2.24) is 10.2 Å². The second kappa shape index (κ2) is 7.23. The first-order valence-corrected chi connectivity index (χ1v) is 8.02. The van der Waals surface area contributed by atoms with Gasteiger partial charge in [-0.1, -0.05) is 41.9 Å². The zero-order chi connectivity index (χ0) is 14.5. The molecule has 2 unspecified atom stereocenters. The molecule has 0 radical (unpaired) electrons. The van der Waals surface area contributed by atoms with Crippen molar-refractivity contribution in [3.05, 3.63) is 57.2 Å². The van der Waals surface area contributed by atoms with Gasteiger partial charge in [-0.05, 0) is 43.6 Å². The Kier molecular flexibility index (Phi) is 5.61. The fourth-order valence-corrected chi connectivity index (χ4v) is 3.22. The summed E-state index contributed by atoms with van der Waals surface area (Å²) >= 11 is 7.58. The van der Waals surface area contributed by atoms with E-state index in [0.717, 1.165) is 10.9 Å². The van der Waals surface area contributed by atoms with E-state index in [-0.39, 0.29) is 0 Å². The normalized spacial score (nSPS) is 14.4. The van der Waals surface area contributed by atoms with Gasteiger partial charge in [-0.15, -0.1) is 11.3 Å². The standard InChI is InChI=1S/C16H21ClN2S/c1-12(14-9-16(17)20-11-14)18-10-15(19(2)3)13-7-5-4-6-8-13/h4-9,11-12,15,18H,10H2,1-3H3. The van der Waals surface area contributed by atoms with Crippen LogP contribution in [-0.4, -0.2) is 25.5 Å². The molecular formula is C16H21ClN2S. The van der Waals surface area contributed by atoms with Crippen molar-refractivity contribution in [2.24, 2.45) is 0 Å². The zero-order valence-electron chi connectivity index (χ0n) is 12.1. The molecule has 108 valence electrons. The van der Waals surface area contributed by atoms with Crippen LogP contribution in [0.1, 0.15) is 30.1 Å². The summed E-state index contributed by atoms with van der Waals surface area (Å²) in [5.41, 5.74) is 2.59. The molecule has 2 rings (SSSR count). The molecule has 4 heteroatoms. The van der Waals surface area contributed by atoms with E-state index < -0.39 is 0 Å². The van der Waals surface area contributed by atoms with E-state index in [1.54, 1.807) is 11.3 Å². The Morgan fingerprint density at radius 2 is 1.90 bits per heavy atom. The molecule has 0 aliphatic rings. The van der Waals surface area contributed by atoms with Crippen LogP contribution >= 0.6 is 22.9 Å². The lowest BCUT2D eigenvalue weighted by molar-refractivity contribution is 0.282. The Bertz CT molecular complexity index is 524. The SMILES string of the molecule is CC(NCC(c1ccccc1)N(C)C)c1csc(Cl)c1. The van der Waals surface area contributed by atoms with Gasteiger partial charge in [0.1, 0.15) is 0 Å². The molecule has 0 aliphatic heterocycles. The van der Waals surface area contributed by atoms with Crippen LogP contribution in [0.15, 0.2) is 41.8 Å². The third kappa shape index (κ3) is 4.06. The maximum atomic E-state index is 6.00. The van der Waals surface area contributed by atoms with Crippen molar-refractivity contribution in [3.8, 4) is 0 Å². The van der Waals surface area contributed by atoms with Crippen molar-refractivity contribution in [2.45, 2.75) is 19.0 Å². The highest BCUT2D eigenvalue weighted by molar-refractivity contribution is 7.14. The molecule has 2 atom stereocenters. The minimum Gasteiger partial charge on any atom is -0.308 e. The van der Waals surface area contributed by atoms with Gasteiger partial charge in [0.25, 0.3) is 0 Å². The molecule has 0 aliphatic carbocycles. The summed E-state index contributed by atoms with van der Waals surface area (Å²) in [5.74, 6) is 0. The Morgan fingerprint density at radius 1 is 1.20 bits per heavy atom. The lowest BCUT2D eigenvalue weighted by Crippen LogP contribution is -2.32. The van der Waals surface area contributed by atoms with Gasteiger partial charge >= 0.3 is 0 Å². The van der Waals surface area contributed by atoms with E-state index >= 15 is 0 Å². The third-order valence-electron chi connectivity index (χ3n) is 3.51. The number of nitrogens with one attached hydrogen (secondary N) is 1. The number of likely N-dealkylation sites (N-methyl/N-ethyl adjacent to an activating group) is 1. The van der Waals surface area contributed by atoms with Gasteiger partial charge in [0.2, 0.25) is 0 Å². The Balaban J connectivity index is 1.99. The van der Waals surface area contributed by atoms with Crippen molar-refractivity contribution in [1.29, 1.82) is 0 Å². The van der Waals surface area contributed by atoms with Crippen molar-refractivity contribution < 1.29 is 0 Å². The summed E-state index contributed by atoms with van der Waals surface area (Å²) in [4.78, 5) is 2.25. The highest BCUT2D eigenvalue weighted by atomic mass is 35.5. The molecule has 0 amide bonds. The quantitative estimate of drug-likeness (QED) is 0.853. The lowest BCUT2D eigenvalue weighted by atomic mass is 10.1. The smallest absolute Gasteiger partial charge is 0.0931 e. The summed E-state index contributed by atoms with van der Waals surface area (Å²) in [7, 11) is 4.23. The van der Waals surface area contributed by atoms with E-state index in [1.165, 1.54) is 11.1 Å². The van der Waals surface area contributed by atoms with E-state index in [2.05, 4.69) is 66.9 Å². The number of nitrogens with zero attached hydrogens (tertiary/aromatic N) is 1. The fourth-order valence-electron chi connectivity index (χ4n) is 2.23. The van der Waals surface area contributed by atoms with Gasteiger partial charge in [0.05, 0.1) is 4.34 Å². The predicted molar refractivity (Wildman–Crippen MR) is 88.6 cm³/mol. The first-order valence-electron chi connectivity index (χ1n) is 6.76. The molecule has 1 heterocycles. The zero-order valence-corrected chi connectivity index (χ0v) is 13.7.